The molecule has 114 valence electrons. The van der Waals surface area contributed by atoms with Crippen molar-refractivity contribution in [2.45, 2.75) is 38.0 Å². The van der Waals surface area contributed by atoms with Crippen molar-refractivity contribution in [3.63, 3.8) is 0 Å². The normalized spacial score (nSPS) is 18.9. The minimum absolute atomic E-state index is 0.0549. The molecule has 1 fully saturated rings. The van der Waals surface area contributed by atoms with Crippen LogP contribution in [-0.4, -0.2) is 40.3 Å². The highest BCUT2D eigenvalue weighted by atomic mass is 32.2. The number of para-hydroxylation sites is 1. The Morgan fingerprint density at radius 2 is 2.10 bits per heavy atom. The SMILES string of the molecule is CC(C)N1CCC[C@@H](SCC(=O)Nc2ccccc2)C1=O. The number of likely N-dealkylation sites (tertiary alicyclic amines) is 1. The predicted octanol–water partition coefficient (Wildman–Crippen LogP) is 2.76. The van der Waals surface area contributed by atoms with Crippen molar-refractivity contribution < 1.29 is 9.59 Å². The molecule has 0 aromatic heterocycles. The summed E-state index contributed by atoms with van der Waals surface area (Å²) in [5.74, 6) is 0.437. The average Bonchev–Trinajstić information content (AvgIpc) is 2.47. The van der Waals surface area contributed by atoms with Gasteiger partial charge in [-0.3, -0.25) is 9.59 Å². The first kappa shape index (κ1) is 15.9. The fourth-order valence-electron chi connectivity index (χ4n) is 2.43. The van der Waals surface area contributed by atoms with E-state index in [0.717, 1.165) is 25.1 Å². The molecule has 1 aromatic carbocycles. The number of piperidine rings is 1. The third kappa shape index (κ3) is 4.49. The number of rotatable bonds is 5. The van der Waals surface area contributed by atoms with Gasteiger partial charge in [0.25, 0.3) is 0 Å². The Kier molecular flexibility index (Phi) is 5.67. The quantitative estimate of drug-likeness (QED) is 0.910. The second-order valence-electron chi connectivity index (χ2n) is 5.48. The third-order valence-corrected chi connectivity index (χ3v) is 4.79. The second kappa shape index (κ2) is 7.50. The molecule has 1 aliphatic heterocycles. The summed E-state index contributed by atoms with van der Waals surface area (Å²) in [5.41, 5.74) is 0.793. The number of hydrogen-bond donors (Lipinski definition) is 1. The second-order valence-corrected chi connectivity index (χ2v) is 6.67. The Balaban J connectivity index is 1.82. The van der Waals surface area contributed by atoms with Crippen molar-refractivity contribution in [3.8, 4) is 0 Å². The topological polar surface area (TPSA) is 49.4 Å². The molecule has 2 rings (SSSR count). The number of nitrogens with one attached hydrogen (secondary N) is 1. The molecule has 2 amide bonds. The highest BCUT2D eigenvalue weighted by Crippen LogP contribution is 2.25. The fourth-order valence-corrected chi connectivity index (χ4v) is 3.46. The van der Waals surface area contributed by atoms with Crippen LogP contribution in [0.2, 0.25) is 0 Å². The standard InChI is InChI=1S/C16H22N2O2S/c1-12(2)18-10-6-9-14(16(18)20)21-11-15(19)17-13-7-4-3-5-8-13/h3-5,7-8,12,14H,6,9-11H2,1-2H3,(H,17,19)/t14-/m1/s1. The molecule has 0 bridgehead atoms. The molecule has 0 spiro atoms. The summed E-state index contributed by atoms with van der Waals surface area (Å²) in [6, 6.07) is 9.62. The molecule has 1 atom stereocenters. The molecule has 1 saturated heterocycles. The molecule has 21 heavy (non-hydrogen) atoms. The van der Waals surface area contributed by atoms with Gasteiger partial charge >= 0.3 is 0 Å². The van der Waals surface area contributed by atoms with Gasteiger partial charge in [-0.05, 0) is 38.8 Å². The van der Waals surface area contributed by atoms with Crippen LogP contribution in [0, 0.1) is 0 Å². The smallest absolute Gasteiger partial charge is 0.235 e. The van der Waals surface area contributed by atoms with E-state index in [0.29, 0.717) is 5.75 Å². The van der Waals surface area contributed by atoms with Gasteiger partial charge in [-0.15, -0.1) is 11.8 Å². The number of thioether (sulfide) groups is 1. The van der Waals surface area contributed by atoms with Crippen molar-refractivity contribution in [1.82, 2.24) is 4.90 Å². The Labute approximate surface area is 130 Å². The monoisotopic (exact) mass is 306 g/mol. The van der Waals surface area contributed by atoms with Crippen molar-refractivity contribution in [2.24, 2.45) is 0 Å². The number of carbonyl (C=O) groups is 2. The van der Waals surface area contributed by atoms with Crippen molar-refractivity contribution >= 4 is 29.3 Å². The zero-order valence-corrected chi connectivity index (χ0v) is 13.4. The van der Waals surface area contributed by atoms with Gasteiger partial charge in [-0.1, -0.05) is 18.2 Å². The molecule has 0 aliphatic carbocycles. The number of hydrogen-bond acceptors (Lipinski definition) is 3. The third-order valence-electron chi connectivity index (χ3n) is 3.52. The molecule has 0 saturated carbocycles. The van der Waals surface area contributed by atoms with Gasteiger partial charge in [-0.2, -0.15) is 0 Å². The van der Waals surface area contributed by atoms with Crippen LogP contribution < -0.4 is 5.32 Å². The van der Waals surface area contributed by atoms with Gasteiger partial charge in [0.05, 0.1) is 11.0 Å². The van der Waals surface area contributed by atoms with Crippen LogP contribution in [0.5, 0.6) is 0 Å². The Morgan fingerprint density at radius 1 is 1.38 bits per heavy atom. The van der Waals surface area contributed by atoms with Crippen LogP contribution >= 0.6 is 11.8 Å². The number of nitrogens with zero attached hydrogens (tertiary/aromatic N) is 1. The lowest BCUT2D eigenvalue weighted by Crippen LogP contribution is -2.46. The van der Waals surface area contributed by atoms with Crippen molar-refractivity contribution in [1.29, 1.82) is 0 Å². The highest BCUT2D eigenvalue weighted by molar-refractivity contribution is 8.01. The molecule has 4 nitrogen and oxygen atoms in total. The summed E-state index contributed by atoms with van der Waals surface area (Å²) in [6.45, 7) is 4.91. The fraction of sp³-hybridized carbons (Fsp3) is 0.500. The molecule has 1 N–H and O–H groups in total. The molecular weight excluding hydrogens is 284 g/mol. The lowest BCUT2D eigenvalue weighted by Gasteiger charge is -2.34. The van der Waals surface area contributed by atoms with Crippen LogP contribution in [0.15, 0.2) is 30.3 Å². The maximum atomic E-state index is 12.3. The van der Waals surface area contributed by atoms with Crippen molar-refractivity contribution in [2.75, 3.05) is 17.6 Å². The molecule has 1 aromatic rings. The van der Waals surface area contributed by atoms with E-state index >= 15 is 0 Å². The van der Waals surface area contributed by atoms with E-state index < -0.39 is 0 Å². The van der Waals surface area contributed by atoms with Gasteiger partial charge in [0, 0.05) is 18.3 Å². The van der Waals surface area contributed by atoms with E-state index in [1.54, 1.807) is 0 Å². The van der Waals surface area contributed by atoms with E-state index in [1.165, 1.54) is 11.8 Å². The summed E-state index contributed by atoms with van der Waals surface area (Å²) in [4.78, 5) is 26.1. The summed E-state index contributed by atoms with van der Waals surface area (Å²) < 4.78 is 0. The van der Waals surface area contributed by atoms with E-state index in [1.807, 2.05) is 49.1 Å². The zero-order chi connectivity index (χ0) is 15.2. The first-order valence-electron chi connectivity index (χ1n) is 7.35. The van der Waals surface area contributed by atoms with Crippen molar-refractivity contribution in [3.05, 3.63) is 30.3 Å². The van der Waals surface area contributed by atoms with Crippen LogP contribution in [0.3, 0.4) is 0 Å². The Hall–Kier alpha value is -1.49. The van der Waals surface area contributed by atoms with Crippen LogP contribution in [0.1, 0.15) is 26.7 Å². The van der Waals surface area contributed by atoms with Crippen LogP contribution in [-0.2, 0) is 9.59 Å². The summed E-state index contributed by atoms with van der Waals surface area (Å²) >= 11 is 1.45. The maximum Gasteiger partial charge on any atom is 0.235 e. The van der Waals surface area contributed by atoms with Gasteiger partial charge in [-0.25, -0.2) is 0 Å². The predicted molar refractivity (Wildman–Crippen MR) is 87.4 cm³/mol. The van der Waals surface area contributed by atoms with Gasteiger partial charge < -0.3 is 10.2 Å². The number of anilines is 1. The molecule has 0 radical (unpaired) electrons. The number of carbonyl (C=O) groups excluding carboxylic acids is 2. The molecule has 1 aliphatic rings. The van der Waals surface area contributed by atoms with Gasteiger partial charge in [0.2, 0.25) is 11.8 Å². The van der Waals surface area contributed by atoms with E-state index in [4.69, 9.17) is 0 Å². The molecule has 5 heteroatoms. The maximum absolute atomic E-state index is 12.3. The van der Waals surface area contributed by atoms with E-state index in [9.17, 15) is 9.59 Å². The Bertz CT molecular complexity index is 490. The minimum atomic E-state index is -0.0809. The number of benzene rings is 1. The lowest BCUT2D eigenvalue weighted by molar-refractivity contribution is -0.134. The van der Waals surface area contributed by atoms with Crippen LogP contribution in [0.4, 0.5) is 5.69 Å². The molecule has 1 heterocycles. The largest absolute Gasteiger partial charge is 0.339 e. The average molecular weight is 306 g/mol. The highest BCUT2D eigenvalue weighted by Gasteiger charge is 2.30. The van der Waals surface area contributed by atoms with Gasteiger partial charge in [0.15, 0.2) is 0 Å². The number of amides is 2. The summed E-state index contributed by atoms with van der Waals surface area (Å²) in [5, 5.41) is 2.76. The first-order chi connectivity index (χ1) is 10.1. The first-order valence-corrected chi connectivity index (χ1v) is 8.40. The minimum Gasteiger partial charge on any atom is -0.339 e. The molecular formula is C16H22N2O2S. The van der Waals surface area contributed by atoms with E-state index in [-0.39, 0.29) is 23.1 Å². The van der Waals surface area contributed by atoms with E-state index in [2.05, 4.69) is 5.32 Å². The molecule has 0 unspecified atom stereocenters. The van der Waals surface area contributed by atoms with Crippen LogP contribution in [0.25, 0.3) is 0 Å². The Morgan fingerprint density at radius 3 is 2.76 bits per heavy atom. The van der Waals surface area contributed by atoms with Gasteiger partial charge in [0.1, 0.15) is 0 Å². The summed E-state index contributed by atoms with van der Waals surface area (Å²) in [7, 11) is 0. The lowest BCUT2D eigenvalue weighted by atomic mass is 10.1. The zero-order valence-electron chi connectivity index (χ0n) is 12.5. The summed E-state index contributed by atoms with van der Waals surface area (Å²) in [6.07, 6.45) is 1.88.